The Hall–Kier alpha value is -2.89. The number of benzene rings is 1. The second kappa shape index (κ2) is 8.33. The number of rotatable bonds is 5. The van der Waals surface area contributed by atoms with Crippen LogP contribution in [0.1, 0.15) is 23.9 Å². The summed E-state index contributed by atoms with van der Waals surface area (Å²) in [5.41, 5.74) is 3.06. The molecule has 1 saturated heterocycles. The number of aromatic nitrogens is 1. The molecule has 2 N–H and O–H groups in total. The van der Waals surface area contributed by atoms with Crippen LogP contribution in [0.15, 0.2) is 40.1 Å². The number of thioether (sulfide) groups is 1. The number of carbonyl (C=O) groups is 3. The van der Waals surface area contributed by atoms with Gasteiger partial charge in [0, 0.05) is 17.1 Å². The maximum atomic E-state index is 12.7. The molecule has 0 spiro atoms. The summed E-state index contributed by atoms with van der Waals surface area (Å²) in [5, 5.41) is 4.61. The highest BCUT2D eigenvalue weighted by Gasteiger charge is 2.41. The molecule has 3 rings (SSSR count). The highest BCUT2D eigenvalue weighted by atomic mass is 32.2. The summed E-state index contributed by atoms with van der Waals surface area (Å²) >= 11 is 0.758. The maximum Gasteiger partial charge on any atom is 0.328 e. The van der Waals surface area contributed by atoms with E-state index in [1.807, 2.05) is 24.5 Å². The highest BCUT2D eigenvalue weighted by molar-refractivity contribution is 8.18. The number of nitrogens with two attached hydrogens (primary N) is 1. The average Bonchev–Trinajstić information content (AvgIpc) is 3.14. The molecule has 1 aromatic heterocycles. The van der Waals surface area contributed by atoms with Gasteiger partial charge in [-0.2, -0.15) is 0 Å². The zero-order chi connectivity index (χ0) is 23.1. The lowest BCUT2D eigenvalue weighted by Gasteiger charge is -2.18. The van der Waals surface area contributed by atoms with Crippen molar-refractivity contribution in [1.82, 2.24) is 9.47 Å². The van der Waals surface area contributed by atoms with Crippen molar-refractivity contribution >= 4 is 45.0 Å². The van der Waals surface area contributed by atoms with Crippen LogP contribution in [0.3, 0.4) is 0 Å². The normalized spacial score (nSPS) is 16.8. The number of amides is 2. The number of nitrogens with zero attached hydrogens (tertiary/aromatic N) is 2. The fourth-order valence-corrected chi connectivity index (χ4v) is 4.76. The number of hydrogen-bond donors (Lipinski definition) is 1. The minimum Gasteiger partial charge on any atom is -0.467 e. The fraction of sp³-hybridized carbons (Fsp3) is 0.250. The Labute approximate surface area is 183 Å². The second-order valence-corrected chi connectivity index (χ2v) is 9.51. The van der Waals surface area contributed by atoms with Crippen molar-refractivity contribution < 1.29 is 27.5 Å². The standard InChI is InChI=1S/C20H21N3O6S2/c1-11-9-14(10-17-18(24)23(20(26)30-17)13(3)19(25)29-4)12(2)22(11)15-5-7-16(8-6-15)31(21,27)28/h5-10,13H,1-4H3,(H2,21,27,28)/b17-10+/t13-/m1/s1. The molecule has 1 aromatic carbocycles. The summed E-state index contributed by atoms with van der Waals surface area (Å²) in [6, 6.07) is 6.94. The molecule has 31 heavy (non-hydrogen) atoms. The average molecular weight is 464 g/mol. The number of hydrogen-bond acceptors (Lipinski definition) is 7. The second-order valence-electron chi connectivity index (χ2n) is 6.95. The molecule has 0 bridgehead atoms. The molecule has 1 atom stereocenters. The summed E-state index contributed by atoms with van der Waals surface area (Å²) < 4.78 is 29.5. The quantitative estimate of drug-likeness (QED) is 0.532. The first-order valence-corrected chi connectivity index (χ1v) is 11.5. The third-order valence-corrected chi connectivity index (χ3v) is 6.75. The fourth-order valence-electron chi connectivity index (χ4n) is 3.35. The molecule has 1 fully saturated rings. The molecule has 164 valence electrons. The van der Waals surface area contributed by atoms with E-state index in [-0.39, 0.29) is 9.80 Å². The van der Waals surface area contributed by atoms with Crippen molar-refractivity contribution in [2.75, 3.05) is 7.11 Å². The smallest absolute Gasteiger partial charge is 0.328 e. The first-order chi connectivity index (χ1) is 14.5. The first-order valence-electron chi connectivity index (χ1n) is 9.12. The van der Waals surface area contributed by atoms with Crippen LogP contribution < -0.4 is 5.14 Å². The van der Waals surface area contributed by atoms with Crippen molar-refractivity contribution in [2.45, 2.75) is 31.7 Å². The Bertz CT molecular complexity index is 1210. The Kier molecular flexibility index (Phi) is 6.12. The van der Waals surface area contributed by atoms with E-state index in [4.69, 9.17) is 5.14 Å². The van der Waals surface area contributed by atoms with Crippen molar-refractivity contribution in [3.8, 4) is 5.69 Å². The number of imide groups is 1. The molecule has 0 unspecified atom stereocenters. The van der Waals surface area contributed by atoms with E-state index in [1.54, 1.807) is 18.2 Å². The molecular weight excluding hydrogens is 442 g/mol. The van der Waals surface area contributed by atoms with E-state index in [2.05, 4.69) is 4.74 Å². The van der Waals surface area contributed by atoms with Crippen LogP contribution in [0.2, 0.25) is 0 Å². The largest absolute Gasteiger partial charge is 0.467 e. The highest BCUT2D eigenvalue weighted by Crippen LogP contribution is 2.35. The third kappa shape index (κ3) is 4.29. The molecule has 2 heterocycles. The van der Waals surface area contributed by atoms with Crippen LogP contribution in [0.5, 0.6) is 0 Å². The van der Waals surface area contributed by atoms with E-state index >= 15 is 0 Å². The first kappa shape index (κ1) is 22.8. The monoisotopic (exact) mass is 463 g/mol. The molecule has 9 nitrogen and oxygen atoms in total. The van der Waals surface area contributed by atoms with Gasteiger partial charge in [0.05, 0.1) is 16.9 Å². The predicted molar refractivity (Wildman–Crippen MR) is 116 cm³/mol. The molecular formula is C20H21N3O6S2. The van der Waals surface area contributed by atoms with Gasteiger partial charge in [-0.15, -0.1) is 0 Å². The maximum absolute atomic E-state index is 12.7. The summed E-state index contributed by atoms with van der Waals surface area (Å²) in [4.78, 5) is 37.9. The van der Waals surface area contributed by atoms with Gasteiger partial charge in [0.25, 0.3) is 11.1 Å². The van der Waals surface area contributed by atoms with Gasteiger partial charge in [-0.05, 0) is 74.5 Å². The van der Waals surface area contributed by atoms with Crippen LogP contribution >= 0.6 is 11.8 Å². The van der Waals surface area contributed by atoms with Crippen molar-refractivity contribution in [2.24, 2.45) is 5.14 Å². The van der Waals surface area contributed by atoms with Crippen LogP contribution in [-0.2, 0) is 24.3 Å². The molecule has 0 saturated carbocycles. The van der Waals surface area contributed by atoms with Gasteiger partial charge in [0.2, 0.25) is 10.0 Å². The Morgan fingerprint density at radius 3 is 2.35 bits per heavy atom. The predicted octanol–water partition coefficient (Wildman–Crippen LogP) is 2.34. The molecule has 1 aliphatic rings. The minimum atomic E-state index is -3.79. The van der Waals surface area contributed by atoms with Gasteiger partial charge < -0.3 is 9.30 Å². The molecule has 0 aliphatic carbocycles. The van der Waals surface area contributed by atoms with Crippen molar-refractivity contribution in [3.63, 3.8) is 0 Å². The Morgan fingerprint density at radius 2 is 1.81 bits per heavy atom. The van der Waals surface area contributed by atoms with E-state index in [1.165, 1.54) is 26.2 Å². The van der Waals surface area contributed by atoms with Gasteiger partial charge >= 0.3 is 5.97 Å². The van der Waals surface area contributed by atoms with Crippen LogP contribution in [0.4, 0.5) is 4.79 Å². The Morgan fingerprint density at radius 1 is 1.19 bits per heavy atom. The van der Waals surface area contributed by atoms with E-state index < -0.39 is 33.2 Å². The van der Waals surface area contributed by atoms with Crippen LogP contribution in [0.25, 0.3) is 11.8 Å². The van der Waals surface area contributed by atoms with Crippen molar-refractivity contribution in [3.05, 3.63) is 52.2 Å². The van der Waals surface area contributed by atoms with E-state index in [0.29, 0.717) is 5.56 Å². The number of primary sulfonamides is 1. The molecule has 0 radical (unpaired) electrons. The zero-order valence-corrected chi connectivity index (χ0v) is 18.9. The molecule has 11 heteroatoms. The van der Waals surface area contributed by atoms with Gasteiger partial charge in [0.1, 0.15) is 6.04 Å². The van der Waals surface area contributed by atoms with Crippen LogP contribution in [0, 0.1) is 13.8 Å². The summed E-state index contributed by atoms with van der Waals surface area (Å²) in [6.45, 7) is 5.14. The lowest BCUT2D eigenvalue weighted by Crippen LogP contribution is -2.42. The zero-order valence-electron chi connectivity index (χ0n) is 17.3. The topological polar surface area (TPSA) is 129 Å². The third-order valence-electron chi connectivity index (χ3n) is 4.93. The number of ether oxygens (including phenoxy) is 1. The number of carbonyl (C=O) groups excluding carboxylic acids is 3. The number of methoxy groups -OCH3 is 1. The minimum absolute atomic E-state index is 0.00679. The lowest BCUT2D eigenvalue weighted by atomic mass is 10.2. The van der Waals surface area contributed by atoms with E-state index in [0.717, 1.165) is 33.7 Å². The molecule has 2 aromatic rings. The molecule has 2 amide bonds. The van der Waals surface area contributed by atoms with Crippen molar-refractivity contribution in [1.29, 1.82) is 0 Å². The SMILES string of the molecule is COC(=O)[C@@H](C)N1C(=O)S/C(=C/c2cc(C)n(-c3ccc(S(N)(=O)=O)cc3)c2C)C1=O. The van der Waals surface area contributed by atoms with Gasteiger partial charge in [-0.25, -0.2) is 18.4 Å². The number of aryl methyl sites for hydroxylation is 1. The number of sulfonamides is 1. The van der Waals surface area contributed by atoms with Gasteiger partial charge in [-0.1, -0.05) is 0 Å². The molecule has 1 aliphatic heterocycles. The van der Waals surface area contributed by atoms with E-state index in [9.17, 15) is 22.8 Å². The summed E-state index contributed by atoms with van der Waals surface area (Å²) in [7, 11) is -2.60. The summed E-state index contributed by atoms with van der Waals surface area (Å²) in [6.07, 6.45) is 1.60. The summed E-state index contributed by atoms with van der Waals surface area (Å²) in [5.74, 6) is -1.24. The number of esters is 1. The Balaban J connectivity index is 1.96. The lowest BCUT2D eigenvalue weighted by molar-refractivity contribution is -0.148. The van der Waals surface area contributed by atoms with Gasteiger partial charge in [0.15, 0.2) is 0 Å². The van der Waals surface area contributed by atoms with Crippen LogP contribution in [-0.4, -0.2) is 48.2 Å². The van der Waals surface area contributed by atoms with Gasteiger partial charge in [-0.3, -0.25) is 14.5 Å².